The number of benzene rings is 1. The van der Waals surface area contributed by atoms with Crippen LogP contribution in [0.25, 0.3) is 11.4 Å². The summed E-state index contributed by atoms with van der Waals surface area (Å²) in [6.07, 6.45) is 0. The van der Waals surface area contributed by atoms with Crippen molar-refractivity contribution < 1.29 is 18.4 Å². The fraction of sp³-hybridized carbons (Fsp3) is 0.500. The van der Waals surface area contributed by atoms with Gasteiger partial charge in [-0.15, -0.1) is 0 Å². The molecule has 2 aromatic rings. The summed E-state index contributed by atoms with van der Waals surface area (Å²) in [7, 11) is 3.46. The largest absolute Gasteiger partial charge is 0.357 e. The van der Waals surface area contributed by atoms with Crippen molar-refractivity contribution in [3.05, 3.63) is 41.2 Å². The average Bonchev–Trinajstić information content (AvgIpc) is 3.05. The van der Waals surface area contributed by atoms with Gasteiger partial charge in [-0.2, -0.15) is 0 Å². The van der Waals surface area contributed by atoms with Crippen LogP contribution < -0.4 is 10.6 Å². The first-order chi connectivity index (χ1) is 14.4. The number of imidazole rings is 1. The fourth-order valence-corrected chi connectivity index (χ4v) is 3.70. The second-order valence-electron chi connectivity index (χ2n) is 9.12. The number of nitrogens with one attached hydrogen (secondary N) is 2. The van der Waals surface area contributed by atoms with Gasteiger partial charge in [0.05, 0.1) is 5.69 Å². The Morgan fingerprint density at radius 1 is 1.23 bits per heavy atom. The van der Waals surface area contributed by atoms with E-state index in [0.29, 0.717) is 30.2 Å². The van der Waals surface area contributed by atoms with Crippen LogP contribution in [0.1, 0.15) is 43.9 Å². The molecule has 7 nitrogen and oxygen atoms in total. The predicted molar refractivity (Wildman–Crippen MR) is 113 cm³/mol. The number of likely N-dealkylation sites (N-methyl/N-ethyl adjacent to an activating group) is 2. The van der Waals surface area contributed by atoms with Crippen molar-refractivity contribution in [3.8, 4) is 11.4 Å². The molecule has 0 spiro atoms. The van der Waals surface area contributed by atoms with Crippen LogP contribution in [0.15, 0.2) is 18.2 Å². The van der Waals surface area contributed by atoms with Crippen LogP contribution in [-0.4, -0.2) is 52.4 Å². The summed E-state index contributed by atoms with van der Waals surface area (Å²) in [5.41, 5.74) is 0.706. The predicted octanol–water partition coefficient (Wildman–Crippen LogP) is 2.55. The monoisotopic (exact) mass is 433 g/mol. The van der Waals surface area contributed by atoms with Gasteiger partial charge in [0, 0.05) is 31.7 Å². The average molecular weight is 434 g/mol. The molecule has 0 bridgehead atoms. The number of halogens is 2. The van der Waals surface area contributed by atoms with E-state index < -0.39 is 29.0 Å². The molecule has 3 rings (SSSR count). The van der Waals surface area contributed by atoms with E-state index in [-0.39, 0.29) is 17.6 Å². The summed E-state index contributed by atoms with van der Waals surface area (Å²) in [5.74, 6) is -2.32. The Labute approximate surface area is 180 Å². The highest BCUT2D eigenvalue weighted by Gasteiger charge is 2.35. The number of carbonyl (C=O) groups is 2. The molecule has 0 saturated carbocycles. The second-order valence-corrected chi connectivity index (χ2v) is 9.12. The SMILES string of the molecule is CNC(=O)C(NC(=O)c1nc(-c2ccc(F)c(F)c2)n2c1CN(C)C(C)C2)C(C)(C)C. The number of carbonyl (C=O) groups excluding carboxylic acids is 2. The molecule has 2 unspecified atom stereocenters. The molecule has 2 heterocycles. The van der Waals surface area contributed by atoms with E-state index in [1.165, 1.54) is 13.1 Å². The maximum atomic E-state index is 13.9. The Morgan fingerprint density at radius 3 is 2.48 bits per heavy atom. The molecule has 0 aliphatic carbocycles. The molecule has 1 aliphatic heterocycles. The first-order valence-electron chi connectivity index (χ1n) is 10.2. The van der Waals surface area contributed by atoms with Crippen molar-refractivity contribution >= 4 is 11.8 Å². The molecule has 168 valence electrons. The van der Waals surface area contributed by atoms with E-state index in [2.05, 4.69) is 20.5 Å². The highest BCUT2D eigenvalue weighted by atomic mass is 19.2. The van der Waals surface area contributed by atoms with Crippen molar-refractivity contribution in [2.45, 2.75) is 52.9 Å². The molecule has 1 aromatic heterocycles. The van der Waals surface area contributed by atoms with Crippen LogP contribution in [-0.2, 0) is 17.9 Å². The Morgan fingerprint density at radius 2 is 1.90 bits per heavy atom. The van der Waals surface area contributed by atoms with Gasteiger partial charge in [-0.1, -0.05) is 20.8 Å². The lowest BCUT2D eigenvalue weighted by molar-refractivity contribution is -0.124. The third-order valence-corrected chi connectivity index (χ3v) is 5.71. The van der Waals surface area contributed by atoms with Crippen molar-refractivity contribution in [2.24, 2.45) is 5.41 Å². The maximum absolute atomic E-state index is 13.9. The van der Waals surface area contributed by atoms with E-state index in [1.807, 2.05) is 39.3 Å². The van der Waals surface area contributed by atoms with Gasteiger partial charge in [-0.3, -0.25) is 14.5 Å². The molecule has 0 fully saturated rings. The summed E-state index contributed by atoms with van der Waals surface area (Å²) in [6, 6.07) is 2.97. The van der Waals surface area contributed by atoms with E-state index >= 15 is 0 Å². The topological polar surface area (TPSA) is 79.3 Å². The van der Waals surface area contributed by atoms with Crippen molar-refractivity contribution in [3.63, 3.8) is 0 Å². The molecule has 9 heteroatoms. The molecule has 0 saturated heterocycles. The minimum Gasteiger partial charge on any atom is -0.357 e. The summed E-state index contributed by atoms with van der Waals surface area (Å²) in [6.45, 7) is 8.62. The van der Waals surface area contributed by atoms with E-state index in [4.69, 9.17) is 0 Å². The molecule has 1 aromatic carbocycles. The Balaban J connectivity index is 2.07. The van der Waals surface area contributed by atoms with Gasteiger partial charge in [0.2, 0.25) is 5.91 Å². The van der Waals surface area contributed by atoms with Crippen LogP contribution in [0, 0.1) is 17.0 Å². The van der Waals surface area contributed by atoms with E-state index in [9.17, 15) is 18.4 Å². The van der Waals surface area contributed by atoms with Gasteiger partial charge in [0.1, 0.15) is 11.9 Å². The normalized spacial score (nSPS) is 17.7. The molecule has 2 N–H and O–H groups in total. The molecule has 2 amide bonds. The zero-order valence-corrected chi connectivity index (χ0v) is 18.7. The molecule has 1 aliphatic rings. The smallest absolute Gasteiger partial charge is 0.272 e. The Kier molecular flexibility index (Phi) is 6.18. The van der Waals surface area contributed by atoms with Gasteiger partial charge in [-0.25, -0.2) is 13.8 Å². The third kappa shape index (κ3) is 4.46. The van der Waals surface area contributed by atoms with Gasteiger partial charge < -0.3 is 15.2 Å². The Hall–Kier alpha value is -2.81. The fourth-order valence-electron chi connectivity index (χ4n) is 3.70. The van der Waals surface area contributed by atoms with Crippen molar-refractivity contribution in [2.75, 3.05) is 14.1 Å². The number of hydrogen-bond donors (Lipinski definition) is 2. The van der Waals surface area contributed by atoms with Crippen molar-refractivity contribution in [1.82, 2.24) is 25.1 Å². The van der Waals surface area contributed by atoms with Crippen LogP contribution in [0.2, 0.25) is 0 Å². The molecular weight excluding hydrogens is 404 g/mol. The van der Waals surface area contributed by atoms with E-state index in [1.54, 1.807) is 0 Å². The zero-order chi connectivity index (χ0) is 23.1. The summed E-state index contributed by atoms with van der Waals surface area (Å²) in [4.78, 5) is 32.2. The van der Waals surface area contributed by atoms with Gasteiger partial charge in [-0.05, 0) is 37.6 Å². The summed E-state index contributed by atoms with van der Waals surface area (Å²) in [5, 5.41) is 5.39. The standard InChI is InChI=1S/C22H29F2N5O2/c1-12-10-29-16(11-28(12)6)17(20(30)27-18(21(31)25-5)22(2,3)4)26-19(29)13-7-8-14(23)15(24)9-13/h7-9,12,18H,10-11H2,1-6H3,(H,25,31)(H,27,30). The molecular formula is C22H29F2N5O2. The maximum Gasteiger partial charge on any atom is 0.272 e. The number of rotatable bonds is 4. The highest BCUT2D eigenvalue weighted by Crippen LogP contribution is 2.29. The lowest BCUT2D eigenvalue weighted by atomic mass is 9.86. The lowest BCUT2D eigenvalue weighted by Gasteiger charge is -2.32. The van der Waals surface area contributed by atoms with Gasteiger partial charge in [0.15, 0.2) is 17.3 Å². The van der Waals surface area contributed by atoms with Crippen LogP contribution in [0.4, 0.5) is 8.78 Å². The minimum absolute atomic E-state index is 0.162. The third-order valence-electron chi connectivity index (χ3n) is 5.71. The highest BCUT2D eigenvalue weighted by molar-refractivity contribution is 5.97. The summed E-state index contributed by atoms with van der Waals surface area (Å²) >= 11 is 0. The van der Waals surface area contributed by atoms with Crippen LogP contribution in [0.3, 0.4) is 0 Å². The molecule has 2 atom stereocenters. The minimum atomic E-state index is -0.978. The number of nitrogens with zero attached hydrogens (tertiary/aromatic N) is 3. The van der Waals surface area contributed by atoms with Gasteiger partial charge in [0.25, 0.3) is 5.91 Å². The first-order valence-corrected chi connectivity index (χ1v) is 10.2. The van der Waals surface area contributed by atoms with Crippen LogP contribution in [0.5, 0.6) is 0 Å². The zero-order valence-electron chi connectivity index (χ0n) is 18.7. The van der Waals surface area contributed by atoms with E-state index in [0.717, 1.165) is 12.1 Å². The number of fused-ring (bicyclic) bond motifs is 1. The first kappa shape index (κ1) is 22.9. The number of aromatic nitrogens is 2. The van der Waals surface area contributed by atoms with Crippen molar-refractivity contribution in [1.29, 1.82) is 0 Å². The molecule has 0 radical (unpaired) electrons. The summed E-state index contributed by atoms with van der Waals surface area (Å²) < 4.78 is 29.2. The Bertz CT molecular complexity index is 1010. The number of hydrogen-bond acceptors (Lipinski definition) is 4. The number of amides is 2. The second kappa shape index (κ2) is 8.37. The lowest BCUT2D eigenvalue weighted by Crippen LogP contribution is -2.53. The van der Waals surface area contributed by atoms with Gasteiger partial charge >= 0.3 is 0 Å². The molecule has 31 heavy (non-hydrogen) atoms. The quantitative estimate of drug-likeness (QED) is 0.777. The van der Waals surface area contributed by atoms with Crippen LogP contribution >= 0.6 is 0 Å².